The third kappa shape index (κ3) is 5.77. The van der Waals surface area contributed by atoms with Gasteiger partial charge in [0.05, 0.1) is 6.10 Å². The molecule has 3 aromatic rings. The van der Waals surface area contributed by atoms with Crippen LogP contribution < -0.4 is 0 Å². The van der Waals surface area contributed by atoms with Crippen molar-refractivity contribution in [3.63, 3.8) is 0 Å². The standard InChI is InChI=1S/C22H19FOS2/c23-18-9-7-8-17(16-18)21(24)14-15-22(25-19-10-3-1-4-11-19)26-20-12-5-2-6-13-20/h1-13,15-16,21,24H,14H2/t21-/m1/s1. The van der Waals surface area contributed by atoms with E-state index in [9.17, 15) is 9.50 Å². The summed E-state index contributed by atoms with van der Waals surface area (Å²) >= 11 is 3.33. The average molecular weight is 383 g/mol. The molecule has 0 saturated heterocycles. The fourth-order valence-corrected chi connectivity index (χ4v) is 4.53. The first-order chi connectivity index (χ1) is 12.7. The van der Waals surface area contributed by atoms with E-state index in [2.05, 4.69) is 24.3 Å². The zero-order valence-corrected chi connectivity index (χ0v) is 15.7. The van der Waals surface area contributed by atoms with Crippen LogP contribution >= 0.6 is 23.5 Å². The quantitative estimate of drug-likeness (QED) is 0.461. The van der Waals surface area contributed by atoms with Crippen LogP contribution in [0, 0.1) is 5.82 Å². The maximum absolute atomic E-state index is 13.4. The Morgan fingerprint density at radius 2 is 1.42 bits per heavy atom. The number of hydrogen-bond donors (Lipinski definition) is 1. The van der Waals surface area contributed by atoms with Crippen molar-refractivity contribution in [2.45, 2.75) is 22.3 Å². The van der Waals surface area contributed by atoms with Crippen molar-refractivity contribution in [3.05, 3.63) is 107 Å². The molecule has 3 aromatic carbocycles. The lowest BCUT2D eigenvalue weighted by molar-refractivity contribution is 0.181. The van der Waals surface area contributed by atoms with Gasteiger partial charge in [-0.1, -0.05) is 78.1 Å². The third-order valence-corrected chi connectivity index (χ3v) is 5.92. The highest BCUT2D eigenvalue weighted by molar-refractivity contribution is 8.22. The van der Waals surface area contributed by atoms with Gasteiger partial charge in [0, 0.05) is 14.0 Å². The molecule has 0 fully saturated rings. The molecule has 3 rings (SSSR count). The van der Waals surface area contributed by atoms with Crippen molar-refractivity contribution in [2.24, 2.45) is 0 Å². The molecule has 1 N–H and O–H groups in total. The lowest BCUT2D eigenvalue weighted by Crippen LogP contribution is -1.96. The average Bonchev–Trinajstić information content (AvgIpc) is 2.67. The molecule has 4 heteroatoms. The van der Waals surface area contributed by atoms with Gasteiger partial charge in [0.25, 0.3) is 0 Å². The summed E-state index contributed by atoms with van der Waals surface area (Å²) in [7, 11) is 0. The molecule has 0 aliphatic rings. The van der Waals surface area contributed by atoms with Crippen LogP contribution in [-0.2, 0) is 0 Å². The minimum atomic E-state index is -0.728. The van der Waals surface area contributed by atoms with Crippen LogP contribution in [0.5, 0.6) is 0 Å². The van der Waals surface area contributed by atoms with Crippen molar-refractivity contribution < 1.29 is 9.50 Å². The van der Waals surface area contributed by atoms with Crippen LogP contribution in [0.25, 0.3) is 0 Å². The predicted octanol–water partition coefficient (Wildman–Crippen LogP) is 6.68. The largest absolute Gasteiger partial charge is 0.388 e. The summed E-state index contributed by atoms with van der Waals surface area (Å²) in [4.78, 5) is 2.28. The number of rotatable bonds is 7. The van der Waals surface area contributed by atoms with Gasteiger partial charge in [-0.3, -0.25) is 0 Å². The molecule has 0 aromatic heterocycles. The lowest BCUT2D eigenvalue weighted by Gasteiger charge is -2.11. The highest BCUT2D eigenvalue weighted by Crippen LogP contribution is 2.40. The van der Waals surface area contributed by atoms with Crippen molar-refractivity contribution in [1.29, 1.82) is 0 Å². The molecule has 1 atom stereocenters. The van der Waals surface area contributed by atoms with Gasteiger partial charge in [0.1, 0.15) is 5.82 Å². The van der Waals surface area contributed by atoms with Crippen molar-refractivity contribution >= 4 is 23.5 Å². The Labute approximate surface area is 162 Å². The summed E-state index contributed by atoms with van der Waals surface area (Å²) in [6, 6.07) is 26.4. The van der Waals surface area contributed by atoms with Gasteiger partial charge < -0.3 is 5.11 Å². The Balaban J connectivity index is 1.76. The highest BCUT2D eigenvalue weighted by Gasteiger charge is 2.09. The molecule has 1 nitrogen and oxygen atoms in total. The zero-order valence-electron chi connectivity index (χ0n) is 14.1. The maximum Gasteiger partial charge on any atom is 0.123 e. The van der Waals surface area contributed by atoms with E-state index in [1.807, 2.05) is 42.5 Å². The van der Waals surface area contributed by atoms with Gasteiger partial charge in [-0.2, -0.15) is 0 Å². The Kier molecular flexibility index (Phi) is 6.95. The molecular formula is C22H19FOS2. The fraction of sp³-hybridized carbons (Fsp3) is 0.0909. The van der Waals surface area contributed by atoms with Crippen molar-refractivity contribution in [1.82, 2.24) is 0 Å². The molecule has 0 heterocycles. The van der Waals surface area contributed by atoms with E-state index in [1.165, 1.54) is 12.1 Å². The molecule has 0 aliphatic heterocycles. The van der Waals surface area contributed by atoms with Crippen molar-refractivity contribution in [2.75, 3.05) is 0 Å². The minimum absolute atomic E-state index is 0.330. The van der Waals surface area contributed by atoms with E-state index in [-0.39, 0.29) is 5.82 Å². The fourth-order valence-electron chi connectivity index (χ4n) is 2.37. The smallest absolute Gasteiger partial charge is 0.123 e. The molecule has 0 spiro atoms. The second kappa shape index (κ2) is 9.62. The number of benzene rings is 3. The topological polar surface area (TPSA) is 20.2 Å². The molecule has 0 bridgehead atoms. The molecule has 0 radical (unpaired) electrons. The molecule has 26 heavy (non-hydrogen) atoms. The van der Waals surface area contributed by atoms with Crippen LogP contribution in [0.15, 0.2) is 105 Å². The molecular weight excluding hydrogens is 363 g/mol. The van der Waals surface area contributed by atoms with E-state index >= 15 is 0 Å². The van der Waals surface area contributed by atoms with Crippen LogP contribution in [0.4, 0.5) is 4.39 Å². The van der Waals surface area contributed by atoms with E-state index in [4.69, 9.17) is 0 Å². The van der Waals surface area contributed by atoms with E-state index < -0.39 is 6.10 Å². The number of thioether (sulfide) groups is 2. The summed E-state index contributed by atoms with van der Waals surface area (Å²) in [5.74, 6) is -0.330. The summed E-state index contributed by atoms with van der Waals surface area (Å²) in [6.45, 7) is 0. The van der Waals surface area contributed by atoms with E-state index in [1.54, 1.807) is 35.7 Å². The van der Waals surface area contributed by atoms with Gasteiger partial charge >= 0.3 is 0 Å². The minimum Gasteiger partial charge on any atom is -0.388 e. The number of halogens is 1. The number of hydrogen-bond acceptors (Lipinski definition) is 3. The molecule has 132 valence electrons. The first kappa shape index (κ1) is 18.8. The van der Waals surface area contributed by atoms with Crippen LogP contribution in [0.2, 0.25) is 0 Å². The first-order valence-corrected chi connectivity index (χ1v) is 9.93. The highest BCUT2D eigenvalue weighted by atomic mass is 32.2. The summed E-state index contributed by atoms with van der Waals surface area (Å²) in [5.41, 5.74) is 0.593. The second-order valence-electron chi connectivity index (χ2n) is 5.66. The maximum atomic E-state index is 13.4. The van der Waals surface area contributed by atoms with Gasteiger partial charge in [-0.15, -0.1) is 0 Å². The Morgan fingerprint density at radius 1 is 0.846 bits per heavy atom. The number of aliphatic hydroxyl groups is 1. The predicted molar refractivity (Wildman–Crippen MR) is 109 cm³/mol. The van der Waals surface area contributed by atoms with E-state index in [0.717, 1.165) is 14.0 Å². The molecule has 0 unspecified atom stereocenters. The molecule has 0 saturated carbocycles. The van der Waals surface area contributed by atoms with Crippen molar-refractivity contribution in [3.8, 4) is 0 Å². The normalized spacial score (nSPS) is 11.8. The summed E-state index contributed by atoms with van der Waals surface area (Å²) in [5, 5.41) is 10.4. The molecule has 0 amide bonds. The van der Waals surface area contributed by atoms with Gasteiger partial charge in [0.15, 0.2) is 0 Å². The van der Waals surface area contributed by atoms with Crippen LogP contribution in [0.1, 0.15) is 18.1 Å². The third-order valence-electron chi connectivity index (χ3n) is 3.66. The Morgan fingerprint density at radius 3 is 1.96 bits per heavy atom. The SMILES string of the molecule is O[C@H](CC=C(Sc1ccccc1)Sc1ccccc1)c1cccc(F)c1. The summed E-state index contributed by atoms with van der Waals surface area (Å²) in [6.07, 6.45) is 1.72. The Hall–Kier alpha value is -2.01. The summed E-state index contributed by atoms with van der Waals surface area (Å²) < 4.78 is 14.4. The van der Waals surface area contributed by atoms with Gasteiger partial charge in [-0.25, -0.2) is 4.39 Å². The van der Waals surface area contributed by atoms with Gasteiger partial charge in [0.2, 0.25) is 0 Å². The molecule has 0 aliphatic carbocycles. The van der Waals surface area contributed by atoms with E-state index in [0.29, 0.717) is 12.0 Å². The zero-order chi connectivity index (χ0) is 18.2. The number of aliphatic hydroxyl groups excluding tert-OH is 1. The van der Waals surface area contributed by atoms with Gasteiger partial charge in [-0.05, 0) is 48.4 Å². The lowest BCUT2D eigenvalue weighted by atomic mass is 10.1. The second-order valence-corrected chi connectivity index (χ2v) is 8.15. The Bertz CT molecular complexity index is 807. The van der Waals surface area contributed by atoms with Crippen LogP contribution in [-0.4, -0.2) is 5.11 Å². The first-order valence-electron chi connectivity index (χ1n) is 8.30. The monoisotopic (exact) mass is 382 g/mol. The van der Waals surface area contributed by atoms with Crippen LogP contribution in [0.3, 0.4) is 0 Å².